The lowest BCUT2D eigenvalue weighted by molar-refractivity contribution is 0.145. The number of aryl methyl sites for hydroxylation is 1. The quantitative estimate of drug-likeness (QED) is 0.769. The molecule has 86 valence electrons. The Balaban J connectivity index is 3.62. The highest BCUT2D eigenvalue weighted by atomic mass is 35.7. The van der Waals surface area contributed by atoms with Crippen molar-refractivity contribution < 1.29 is 17.2 Å². The van der Waals surface area contributed by atoms with Gasteiger partial charge in [-0.25, -0.2) is 22.2 Å². The maximum atomic E-state index is 12.3. The van der Waals surface area contributed by atoms with Gasteiger partial charge in [-0.3, -0.25) is 0 Å². The maximum absolute atomic E-state index is 12.3. The van der Waals surface area contributed by atoms with Crippen molar-refractivity contribution in [2.24, 2.45) is 0 Å². The van der Waals surface area contributed by atoms with Crippen molar-refractivity contribution in [2.75, 3.05) is 0 Å². The summed E-state index contributed by atoms with van der Waals surface area (Å²) in [6, 6.07) is 2.32. The summed E-state index contributed by atoms with van der Waals surface area (Å²) < 4.78 is 46.9. The minimum absolute atomic E-state index is 0.0307. The molecule has 0 saturated heterocycles. The van der Waals surface area contributed by atoms with E-state index >= 15 is 0 Å². The monoisotopic (exact) mass is 266 g/mol. The highest BCUT2D eigenvalue weighted by Gasteiger charge is 2.23. The van der Waals surface area contributed by atoms with Crippen molar-refractivity contribution in [2.45, 2.75) is 18.2 Å². The van der Waals surface area contributed by atoms with Crippen molar-refractivity contribution in [1.82, 2.24) is 4.98 Å². The number of hydrogen-bond acceptors (Lipinski definition) is 4. The molecule has 0 aliphatic carbocycles. The van der Waals surface area contributed by atoms with Crippen LogP contribution < -0.4 is 0 Å². The SMILES string of the molecule is Cc1cc(C(F)F)nc(C#N)c1S(=O)(=O)Cl. The zero-order valence-corrected chi connectivity index (χ0v) is 9.48. The van der Waals surface area contributed by atoms with E-state index in [1.165, 1.54) is 13.0 Å². The largest absolute Gasteiger partial charge is 0.280 e. The Morgan fingerprint density at radius 2 is 2.12 bits per heavy atom. The zero-order valence-electron chi connectivity index (χ0n) is 7.91. The number of rotatable bonds is 2. The fourth-order valence-electron chi connectivity index (χ4n) is 1.18. The van der Waals surface area contributed by atoms with Gasteiger partial charge in [0.15, 0.2) is 5.69 Å². The van der Waals surface area contributed by atoms with Gasteiger partial charge in [0.05, 0.1) is 0 Å². The fourth-order valence-corrected chi connectivity index (χ4v) is 2.53. The van der Waals surface area contributed by atoms with Crippen LogP contribution in [0.15, 0.2) is 11.0 Å². The normalized spacial score (nSPS) is 11.5. The molecule has 0 radical (unpaired) electrons. The Kier molecular flexibility index (Phi) is 3.45. The van der Waals surface area contributed by atoms with Gasteiger partial charge in [0.1, 0.15) is 16.7 Å². The molecule has 4 nitrogen and oxygen atoms in total. The van der Waals surface area contributed by atoms with Gasteiger partial charge in [0, 0.05) is 10.7 Å². The number of alkyl halides is 2. The molecule has 0 fully saturated rings. The van der Waals surface area contributed by atoms with E-state index in [-0.39, 0.29) is 5.56 Å². The molecule has 0 N–H and O–H groups in total. The molecule has 8 heteroatoms. The summed E-state index contributed by atoms with van der Waals surface area (Å²) in [5.41, 5.74) is -1.31. The summed E-state index contributed by atoms with van der Waals surface area (Å²) in [5.74, 6) is 0. The van der Waals surface area contributed by atoms with Crippen LogP contribution in [0.3, 0.4) is 0 Å². The van der Waals surface area contributed by atoms with Crippen LogP contribution in [0, 0.1) is 18.3 Å². The van der Waals surface area contributed by atoms with E-state index < -0.39 is 31.8 Å². The van der Waals surface area contributed by atoms with Gasteiger partial charge in [0.25, 0.3) is 15.5 Å². The predicted molar refractivity (Wildman–Crippen MR) is 51.7 cm³/mol. The summed E-state index contributed by atoms with van der Waals surface area (Å²) in [5, 5.41) is 8.63. The fraction of sp³-hybridized carbons (Fsp3) is 0.250. The van der Waals surface area contributed by atoms with Gasteiger partial charge in [-0.1, -0.05) is 0 Å². The summed E-state index contributed by atoms with van der Waals surface area (Å²) in [6.45, 7) is 1.27. The van der Waals surface area contributed by atoms with Gasteiger partial charge in [-0.2, -0.15) is 5.26 Å². The molecule has 1 aromatic rings. The number of nitrogens with zero attached hydrogens (tertiary/aromatic N) is 2. The molecular weight excluding hydrogens is 262 g/mol. The first-order valence-electron chi connectivity index (χ1n) is 3.92. The van der Waals surface area contributed by atoms with Gasteiger partial charge in [-0.05, 0) is 18.6 Å². The van der Waals surface area contributed by atoms with E-state index in [0.29, 0.717) is 0 Å². The Morgan fingerprint density at radius 1 is 1.56 bits per heavy atom. The molecule has 0 aliphatic heterocycles. The first-order valence-corrected chi connectivity index (χ1v) is 6.22. The van der Waals surface area contributed by atoms with Crippen LogP contribution in [0.1, 0.15) is 23.4 Å². The molecule has 1 aromatic heterocycles. The molecule has 0 aromatic carbocycles. The molecule has 0 atom stereocenters. The van der Waals surface area contributed by atoms with E-state index in [0.717, 1.165) is 6.07 Å². The molecular formula is C8H5ClF2N2O2S. The number of pyridine rings is 1. The highest BCUT2D eigenvalue weighted by molar-refractivity contribution is 8.13. The predicted octanol–water partition coefficient (Wildman–Crippen LogP) is 2.13. The second kappa shape index (κ2) is 4.31. The van der Waals surface area contributed by atoms with Crippen LogP contribution in [-0.4, -0.2) is 13.4 Å². The lowest BCUT2D eigenvalue weighted by Gasteiger charge is -2.06. The average Bonchev–Trinajstić information content (AvgIpc) is 2.14. The topological polar surface area (TPSA) is 70.8 Å². The second-order valence-corrected chi connectivity index (χ2v) is 5.39. The standard InChI is InChI=1S/C8H5ClF2N2O2S/c1-4-2-5(8(10)11)13-6(3-12)7(4)16(9,14)15/h2,8H,1H3. The Morgan fingerprint density at radius 3 is 2.50 bits per heavy atom. The molecule has 0 bridgehead atoms. The first kappa shape index (κ1) is 12.8. The molecule has 1 rings (SSSR count). The third-order valence-corrected chi connectivity index (χ3v) is 3.22. The molecule has 16 heavy (non-hydrogen) atoms. The molecule has 0 unspecified atom stereocenters. The van der Waals surface area contributed by atoms with Crippen LogP contribution in [-0.2, 0) is 9.05 Å². The zero-order chi connectivity index (χ0) is 12.5. The molecule has 0 aliphatic rings. The summed E-state index contributed by atoms with van der Waals surface area (Å²) in [7, 11) is 0.897. The van der Waals surface area contributed by atoms with Gasteiger partial charge < -0.3 is 0 Å². The van der Waals surface area contributed by atoms with Crippen molar-refractivity contribution in [3.8, 4) is 6.07 Å². The molecule has 1 heterocycles. The van der Waals surface area contributed by atoms with Gasteiger partial charge in [-0.15, -0.1) is 0 Å². The van der Waals surface area contributed by atoms with E-state index in [2.05, 4.69) is 4.98 Å². The Bertz CT molecular complexity index is 566. The number of nitriles is 1. The summed E-state index contributed by atoms with van der Waals surface area (Å²) in [6.07, 6.45) is -2.88. The number of hydrogen-bond donors (Lipinski definition) is 0. The van der Waals surface area contributed by atoms with Gasteiger partial charge in [0.2, 0.25) is 0 Å². The Labute approximate surface area is 94.9 Å². The van der Waals surface area contributed by atoms with E-state index in [4.69, 9.17) is 15.9 Å². The van der Waals surface area contributed by atoms with E-state index in [9.17, 15) is 17.2 Å². The van der Waals surface area contributed by atoms with Crippen LogP contribution in [0.2, 0.25) is 0 Å². The smallest absolute Gasteiger partial charge is 0.235 e. The minimum atomic E-state index is -4.18. The second-order valence-electron chi connectivity index (χ2n) is 2.89. The van der Waals surface area contributed by atoms with Crippen LogP contribution >= 0.6 is 10.7 Å². The summed E-state index contributed by atoms with van der Waals surface area (Å²) in [4.78, 5) is 2.72. The lowest BCUT2D eigenvalue weighted by Crippen LogP contribution is -2.04. The van der Waals surface area contributed by atoms with Crippen LogP contribution in [0.5, 0.6) is 0 Å². The molecule has 0 saturated carbocycles. The third kappa shape index (κ3) is 2.46. The molecule has 0 amide bonds. The highest BCUT2D eigenvalue weighted by Crippen LogP contribution is 2.26. The third-order valence-electron chi connectivity index (χ3n) is 1.75. The van der Waals surface area contributed by atoms with Crippen molar-refractivity contribution in [1.29, 1.82) is 5.26 Å². The Hall–Kier alpha value is -1.26. The molecule has 0 spiro atoms. The minimum Gasteiger partial charge on any atom is -0.235 e. The first-order chi connectivity index (χ1) is 7.27. The van der Waals surface area contributed by atoms with Crippen molar-refractivity contribution >= 4 is 19.7 Å². The van der Waals surface area contributed by atoms with Crippen molar-refractivity contribution in [3.63, 3.8) is 0 Å². The lowest BCUT2D eigenvalue weighted by atomic mass is 10.2. The van der Waals surface area contributed by atoms with Crippen LogP contribution in [0.4, 0.5) is 8.78 Å². The van der Waals surface area contributed by atoms with Crippen LogP contribution in [0.25, 0.3) is 0 Å². The van der Waals surface area contributed by atoms with Crippen molar-refractivity contribution in [3.05, 3.63) is 23.0 Å². The number of aromatic nitrogens is 1. The van der Waals surface area contributed by atoms with Gasteiger partial charge >= 0.3 is 0 Å². The summed E-state index contributed by atoms with van der Waals surface area (Å²) >= 11 is 0. The van der Waals surface area contributed by atoms with E-state index in [1.807, 2.05) is 0 Å². The number of halogens is 3. The van der Waals surface area contributed by atoms with E-state index in [1.54, 1.807) is 0 Å². The maximum Gasteiger partial charge on any atom is 0.280 e. The average molecular weight is 267 g/mol.